The van der Waals surface area contributed by atoms with Crippen molar-refractivity contribution in [2.24, 2.45) is 5.92 Å². The molecule has 1 saturated heterocycles. The molecule has 0 aliphatic carbocycles. The summed E-state index contributed by atoms with van der Waals surface area (Å²) in [5.74, 6) is 0.670. The number of H-pyrrole nitrogens is 1. The van der Waals surface area contributed by atoms with Crippen molar-refractivity contribution < 1.29 is 0 Å². The zero-order valence-corrected chi connectivity index (χ0v) is 10.6. The van der Waals surface area contributed by atoms with Gasteiger partial charge in [-0.2, -0.15) is 0 Å². The molecule has 0 saturated carbocycles. The number of nitrogens with one attached hydrogen (secondary N) is 2. The number of hydrogen-bond donors (Lipinski definition) is 2. The summed E-state index contributed by atoms with van der Waals surface area (Å²) < 4.78 is 0. The Bertz CT molecular complexity index is 387. The molecule has 2 heterocycles. The Balaban J connectivity index is 1.90. The maximum atomic E-state index is 11.0. The van der Waals surface area contributed by atoms with Gasteiger partial charge in [0.1, 0.15) is 0 Å². The number of rotatable bonds is 3. The third kappa shape index (κ3) is 2.72. The topological polar surface area (TPSA) is 48.1 Å². The van der Waals surface area contributed by atoms with E-state index in [0.29, 0.717) is 12.0 Å². The highest BCUT2D eigenvalue weighted by atomic mass is 32.1. The van der Waals surface area contributed by atoms with Crippen molar-refractivity contribution in [2.75, 3.05) is 20.1 Å². The lowest BCUT2D eigenvalue weighted by atomic mass is 9.94. The minimum absolute atomic E-state index is 0.0492. The second kappa shape index (κ2) is 5.12. The minimum atomic E-state index is 0.0492. The summed E-state index contributed by atoms with van der Waals surface area (Å²) in [5.41, 5.74) is 1.05. The van der Waals surface area contributed by atoms with Gasteiger partial charge >= 0.3 is 4.87 Å². The van der Waals surface area contributed by atoms with Gasteiger partial charge in [-0.25, -0.2) is 0 Å². The van der Waals surface area contributed by atoms with Gasteiger partial charge in [0, 0.05) is 36.8 Å². The quantitative estimate of drug-likeness (QED) is 0.825. The van der Waals surface area contributed by atoms with Gasteiger partial charge in [0.25, 0.3) is 0 Å². The first-order valence-corrected chi connectivity index (χ1v) is 6.63. The lowest BCUT2D eigenvalue weighted by Gasteiger charge is -2.36. The molecule has 2 N–H and O–H groups in total. The second-order valence-electron chi connectivity index (χ2n) is 4.57. The van der Waals surface area contributed by atoms with Crippen LogP contribution in [0, 0.1) is 5.92 Å². The Morgan fingerprint density at radius 2 is 2.50 bits per heavy atom. The van der Waals surface area contributed by atoms with Gasteiger partial charge in [-0.3, -0.25) is 9.69 Å². The molecule has 0 radical (unpaired) electrons. The molecule has 1 aliphatic rings. The van der Waals surface area contributed by atoms with E-state index in [2.05, 4.69) is 22.1 Å². The lowest BCUT2D eigenvalue weighted by Crippen LogP contribution is -2.46. The predicted molar refractivity (Wildman–Crippen MR) is 66.8 cm³/mol. The molecule has 5 heteroatoms. The van der Waals surface area contributed by atoms with Crippen molar-refractivity contribution in [1.82, 2.24) is 15.2 Å². The second-order valence-corrected chi connectivity index (χ2v) is 5.41. The van der Waals surface area contributed by atoms with E-state index in [1.54, 1.807) is 0 Å². The van der Waals surface area contributed by atoms with Crippen molar-refractivity contribution in [2.45, 2.75) is 25.9 Å². The third-order valence-electron chi connectivity index (χ3n) is 3.32. The highest BCUT2D eigenvalue weighted by Gasteiger charge is 2.24. The van der Waals surface area contributed by atoms with Crippen LogP contribution in [-0.4, -0.2) is 36.1 Å². The average Bonchev–Trinajstić information content (AvgIpc) is 2.64. The third-order valence-corrected chi connectivity index (χ3v) is 4.04. The van der Waals surface area contributed by atoms with Crippen LogP contribution in [0.25, 0.3) is 0 Å². The van der Waals surface area contributed by atoms with Gasteiger partial charge in [0.15, 0.2) is 0 Å². The molecule has 1 aromatic rings. The van der Waals surface area contributed by atoms with Crippen LogP contribution in [0.15, 0.2) is 10.2 Å². The Hall–Kier alpha value is -0.650. The highest BCUT2D eigenvalue weighted by molar-refractivity contribution is 7.07. The van der Waals surface area contributed by atoms with Crippen molar-refractivity contribution in [3.05, 3.63) is 20.7 Å². The SMILES string of the molecule is CNC1CCN(Cc2csc(=O)[nH]2)CC1C. The molecular weight excluding hydrogens is 222 g/mol. The average molecular weight is 241 g/mol. The number of aromatic nitrogens is 1. The largest absolute Gasteiger partial charge is 0.317 e. The molecule has 1 aliphatic heterocycles. The molecule has 2 atom stereocenters. The maximum absolute atomic E-state index is 11.0. The van der Waals surface area contributed by atoms with Crippen molar-refractivity contribution >= 4 is 11.3 Å². The van der Waals surface area contributed by atoms with E-state index in [-0.39, 0.29) is 4.87 Å². The van der Waals surface area contributed by atoms with E-state index in [1.807, 2.05) is 12.4 Å². The molecule has 1 aromatic heterocycles. The van der Waals surface area contributed by atoms with Crippen LogP contribution in [0.1, 0.15) is 19.0 Å². The van der Waals surface area contributed by atoms with E-state index in [0.717, 1.165) is 25.3 Å². The smallest absolute Gasteiger partial charge is 0.304 e. The summed E-state index contributed by atoms with van der Waals surface area (Å²) in [4.78, 5) is 16.4. The number of nitrogens with zero attached hydrogens (tertiary/aromatic N) is 1. The molecular formula is C11H19N3OS. The summed E-state index contributed by atoms with van der Waals surface area (Å²) in [7, 11) is 2.03. The van der Waals surface area contributed by atoms with Crippen LogP contribution in [0.3, 0.4) is 0 Å². The highest BCUT2D eigenvalue weighted by Crippen LogP contribution is 2.18. The number of thiazole rings is 1. The monoisotopic (exact) mass is 241 g/mol. The summed E-state index contributed by atoms with van der Waals surface area (Å²) in [6, 6.07) is 0.637. The van der Waals surface area contributed by atoms with E-state index < -0.39 is 0 Å². The van der Waals surface area contributed by atoms with Gasteiger partial charge in [-0.15, -0.1) is 0 Å². The van der Waals surface area contributed by atoms with E-state index in [9.17, 15) is 4.79 Å². The van der Waals surface area contributed by atoms with Gasteiger partial charge < -0.3 is 10.3 Å². The zero-order chi connectivity index (χ0) is 11.5. The normalized spacial score (nSPS) is 27.1. The fourth-order valence-corrected chi connectivity index (χ4v) is 3.01. The Kier molecular flexibility index (Phi) is 3.78. The van der Waals surface area contributed by atoms with Crippen LogP contribution >= 0.6 is 11.3 Å². The molecule has 0 amide bonds. The first-order valence-electron chi connectivity index (χ1n) is 5.75. The molecule has 2 rings (SSSR count). The molecule has 0 aromatic carbocycles. The first kappa shape index (κ1) is 11.8. The van der Waals surface area contributed by atoms with Gasteiger partial charge in [0.2, 0.25) is 0 Å². The maximum Gasteiger partial charge on any atom is 0.304 e. The standard InChI is InChI=1S/C11H19N3OS/c1-8-5-14(4-3-10(8)12-2)6-9-7-16-11(15)13-9/h7-8,10,12H,3-6H2,1-2H3,(H,13,15). The molecule has 16 heavy (non-hydrogen) atoms. The first-order chi connectivity index (χ1) is 7.69. The predicted octanol–water partition coefficient (Wildman–Crippen LogP) is 0.866. The fourth-order valence-electron chi connectivity index (χ4n) is 2.44. The number of aromatic amines is 1. The molecule has 4 nitrogen and oxygen atoms in total. The Morgan fingerprint density at radius 3 is 3.06 bits per heavy atom. The van der Waals surface area contributed by atoms with Crippen LogP contribution < -0.4 is 10.2 Å². The zero-order valence-electron chi connectivity index (χ0n) is 9.82. The summed E-state index contributed by atoms with van der Waals surface area (Å²) in [5, 5.41) is 5.29. The number of likely N-dealkylation sites (tertiary alicyclic amines) is 1. The summed E-state index contributed by atoms with van der Waals surface area (Å²) in [6.07, 6.45) is 1.19. The van der Waals surface area contributed by atoms with Crippen LogP contribution in [0.2, 0.25) is 0 Å². The van der Waals surface area contributed by atoms with Crippen molar-refractivity contribution in [1.29, 1.82) is 0 Å². The Morgan fingerprint density at radius 1 is 1.69 bits per heavy atom. The molecule has 2 unspecified atom stereocenters. The van der Waals surface area contributed by atoms with Crippen LogP contribution in [-0.2, 0) is 6.54 Å². The van der Waals surface area contributed by atoms with E-state index in [4.69, 9.17) is 0 Å². The van der Waals surface area contributed by atoms with Crippen molar-refractivity contribution in [3.8, 4) is 0 Å². The number of hydrogen-bond acceptors (Lipinski definition) is 4. The minimum Gasteiger partial charge on any atom is -0.317 e. The van der Waals surface area contributed by atoms with Crippen molar-refractivity contribution in [3.63, 3.8) is 0 Å². The molecule has 90 valence electrons. The summed E-state index contributed by atoms with van der Waals surface area (Å²) >= 11 is 1.25. The Labute approximate surface area is 99.7 Å². The van der Waals surface area contributed by atoms with Gasteiger partial charge in [0.05, 0.1) is 0 Å². The van der Waals surface area contributed by atoms with E-state index >= 15 is 0 Å². The van der Waals surface area contributed by atoms with Gasteiger partial charge in [-0.05, 0) is 19.4 Å². The van der Waals surface area contributed by atoms with Crippen LogP contribution in [0.5, 0.6) is 0 Å². The van der Waals surface area contributed by atoms with Gasteiger partial charge in [-0.1, -0.05) is 18.3 Å². The molecule has 1 fully saturated rings. The lowest BCUT2D eigenvalue weighted by molar-refractivity contribution is 0.144. The van der Waals surface area contributed by atoms with Crippen LogP contribution in [0.4, 0.5) is 0 Å². The molecule has 0 spiro atoms. The fraction of sp³-hybridized carbons (Fsp3) is 0.727. The number of piperidine rings is 1. The summed E-state index contributed by atoms with van der Waals surface area (Å²) in [6.45, 7) is 5.36. The molecule has 0 bridgehead atoms. The van der Waals surface area contributed by atoms with E-state index in [1.165, 1.54) is 17.8 Å².